The van der Waals surface area contributed by atoms with E-state index >= 15 is 0 Å². The first-order valence-electron chi connectivity index (χ1n) is 7.07. The highest BCUT2D eigenvalue weighted by atomic mass is 16.3. The molecule has 0 aromatic heterocycles. The molecule has 1 aromatic carbocycles. The predicted octanol–water partition coefficient (Wildman–Crippen LogP) is 2.29. The van der Waals surface area contributed by atoms with Crippen molar-refractivity contribution in [3.05, 3.63) is 29.8 Å². The van der Waals surface area contributed by atoms with Crippen LogP contribution < -0.4 is 11.1 Å². The molecule has 4 nitrogen and oxygen atoms in total. The quantitative estimate of drug-likeness (QED) is 0.670. The van der Waals surface area contributed by atoms with Crippen molar-refractivity contribution in [1.29, 1.82) is 0 Å². The van der Waals surface area contributed by atoms with Gasteiger partial charge in [0.15, 0.2) is 0 Å². The standard InChI is InChI=1S/C16H26N2O2/c1-12(13-4-6-14(17)7-5-13)10-15(20)18-11-16(2,3)8-9-19/h4-7,12,19H,8-11,17H2,1-3H3,(H,18,20). The van der Waals surface area contributed by atoms with Crippen LogP contribution in [0.3, 0.4) is 0 Å². The Morgan fingerprint density at radius 2 is 1.95 bits per heavy atom. The van der Waals surface area contributed by atoms with Crippen molar-refractivity contribution < 1.29 is 9.90 Å². The van der Waals surface area contributed by atoms with Crippen molar-refractivity contribution >= 4 is 11.6 Å². The van der Waals surface area contributed by atoms with Crippen LogP contribution in [0.4, 0.5) is 5.69 Å². The number of carbonyl (C=O) groups is 1. The van der Waals surface area contributed by atoms with Gasteiger partial charge in [-0.25, -0.2) is 0 Å². The molecule has 1 amide bonds. The Kier molecular flexibility index (Phi) is 6.02. The highest BCUT2D eigenvalue weighted by molar-refractivity contribution is 5.76. The van der Waals surface area contributed by atoms with Gasteiger partial charge in [-0.1, -0.05) is 32.9 Å². The molecule has 0 bridgehead atoms. The van der Waals surface area contributed by atoms with E-state index in [1.54, 1.807) is 0 Å². The molecule has 0 spiro atoms. The number of carbonyl (C=O) groups excluding carboxylic acids is 1. The third kappa shape index (κ3) is 5.61. The van der Waals surface area contributed by atoms with E-state index in [-0.39, 0.29) is 23.8 Å². The van der Waals surface area contributed by atoms with Crippen molar-refractivity contribution in [1.82, 2.24) is 5.32 Å². The number of aliphatic hydroxyl groups excluding tert-OH is 1. The van der Waals surface area contributed by atoms with Crippen LogP contribution in [0.1, 0.15) is 45.1 Å². The number of amides is 1. The first-order chi connectivity index (χ1) is 9.34. The highest BCUT2D eigenvalue weighted by Crippen LogP contribution is 2.21. The summed E-state index contributed by atoms with van der Waals surface area (Å²) in [6.07, 6.45) is 1.14. The minimum atomic E-state index is -0.0746. The number of hydrogen-bond acceptors (Lipinski definition) is 3. The number of nitrogens with one attached hydrogen (secondary N) is 1. The van der Waals surface area contributed by atoms with Gasteiger partial charge in [-0.2, -0.15) is 0 Å². The predicted molar refractivity (Wildman–Crippen MR) is 82.4 cm³/mol. The van der Waals surface area contributed by atoms with Crippen LogP contribution in [0.2, 0.25) is 0 Å². The first kappa shape index (κ1) is 16.5. The number of nitrogen functional groups attached to an aromatic ring is 1. The molecule has 0 radical (unpaired) electrons. The second-order valence-corrected chi connectivity index (χ2v) is 6.19. The van der Waals surface area contributed by atoms with E-state index in [4.69, 9.17) is 10.8 Å². The summed E-state index contributed by atoms with van der Waals surface area (Å²) in [4.78, 5) is 11.9. The van der Waals surface area contributed by atoms with Crippen molar-refractivity contribution in [3.63, 3.8) is 0 Å². The lowest BCUT2D eigenvalue weighted by Crippen LogP contribution is -2.35. The fraction of sp³-hybridized carbons (Fsp3) is 0.562. The van der Waals surface area contributed by atoms with Gasteiger partial charge in [0.1, 0.15) is 0 Å². The molecule has 0 aliphatic rings. The van der Waals surface area contributed by atoms with Gasteiger partial charge >= 0.3 is 0 Å². The van der Waals surface area contributed by atoms with E-state index < -0.39 is 0 Å². The lowest BCUT2D eigenvalue weighted by atomic mass is 9.89. The average molecular weight is 278 g/mol. The van der Waals surface area contributed by atoms with Gasteiger partial charge in [0.05, 0.1) is 0 Å². The molecular formula is C16H26N2O2. The summed E-state index contributed by atoms with van der Waals surface area (Å²) in [7, 11) is 0. The fourth-order valence-corrected chi connectivity index (χ4v) is 2.02. The molecule has 0 fully saturated rings. The van der Waals surface area contributed by atoms with Crippen LogP contribution in [0.5, 0.6) is 0 Å². The van der Waals surface area contributed by atoms with Crippen molar-refractivity contribution in [2.45, 2.75) is 39.5 Å². The number of aliphatic hydroxyl groups is 1. The van der Waals surface area contributed by atoms with Gasteiger partial charge in [0, 0.05) is 25.3 Å². The molecule has 4 N–H and O–H groups in total. The van der Waals surface area contributed by atoms with E-state index in [1.165, 1.54) is 0 Å². The van der Waals surface area contributed by atoms with Gasteiger partial charge in [-0.3, -0.25) is 4.79 Å². The molecule has 112 valence electrons. The zero-order valence-electron chi connectivity index (χ0n) is 12.6. The molecule has 0 saturated heterocycles. The SMILES string of the molecule is CC(CC(=O)NCC(C)(C)CCO)c1ccc(N)cc1. The summed E-state index contributed by atoms with van der Waals surface area (Å²) in [5.41, 5.74) is 7.43. The number of nitrogens with two attached hydrogens (primary N) is 1. The van der Waals surface area contributed by atoms with E-state index in [2.05, 4.69) is 5.32 Å². The van der Waals surface area contributed by atoms with Crippen molar-refractivity contribution in [2.75, 3.05) is 18.9 Å². The average Bonchev–Trinajstić information content (AvgIpc) is 2.37. The zero-order chi connectivity index (χ0) is 15.2. The zero-order valence-corrected chi connectivity index (χ0v) is 12.6. The second kappa shape index (κ2) is 7.29. The fourth-order valence-electron chi connectivity index (χ4n) is 2.02. The Bertz CT molecular complexity index is 427. The van der Waals surface area contributed by atoms with Crippen LogP contribution in [0.15, 0.2) is 24.3 Å². The Morgan fingerprint density at radius 1 is 1.35 bits per heavy atom. The summed E-state index contributed by atoms with van der Waals surface area (Å²) in [6.45, 7) is 6.83. The van der Waals surface area contributed by atoms with Crippen LogP contribution in [-0.2, 0) is 4.79 Å². The molecule has 1 rings (SSSR count). The van der Waals surface area contributed by atoms with Gasteiger partial charge in [0.2, 0.25) is 5.91 Å². The number of anilines is 1. The molecule has 4 heteroatoms. The lowest BCUT2D eigenvalue weighted by Gasteiger charge is -2.24. The topological polar surface area (TPSA) is 75.3 Å². The van der Waals surface area contributed by atoms with Gasteiger partial charge in [-0.15, -0.1) is 0 Å². The van der Waals surface area contributed by atoms with Crippen LogP contribution in [0.25, 0.3) is 0 Å². The molecule has 1 atom stereocenters. The van der Waals surface area contributed by atoms with Gasteiger partial charge in [0.25, 0.3) is 0 Å². The first-order valence-corrected chi connectivity index (χ1v) is 7.07. The van der Waals surface area contributed by atoms with E-state index in [0.717, 1.165) is 11.3 Å². The number of hydrogen-bond donors (Lipinski definition) is 3. The van der Waals surface area contributed by atoms with Gasteiger partial charge in [-0.05, 0) is 35.4 Å². The molecule has 0 heterocycles. The minimum Gasteiger partial charge on any atom is -0.399 e. The second-order valence-electron chi connectivity index (χ2n) is 6.19. The molecule has 1 unspecified atom stereocenters. The normalized spacial score (nSPS) is 13.0. The molecule has 0 aliphatic heterocycles. The Labute approximate surface area is 121 Å². The smallest absolute Gasteiger partial charge is 0.220 e. The summed E-state index contributed by atoms with van der Waals surface area (Å²) in [5, 5.41) is 11.9. The van der Waals surface area contributed by atoms with Crippen LogP contribution in [0, 0.1) is 5.41 Å². The highest BCUT2D eigenvalue weighted by Gasteiger charge is 2.19. The maximum atomic E-state index is 11.9. The summed E-state index contributed by atoms with van der Waals surface area (Å²) in [6, 6.07) is 7.63. The molecule has 20 heavy (non-hydrogen) atoms. The maximum absolute atomic E-state index is 11.9. The summed E-state index contributed by atoms with van der Waals surface area (Å²) >= 11 is 0. The number of rotatable bonds is 7. The third-order valence-corrected chi connectivity index (χ3v) is 3.55. The minimum absolute atomic E-state index is 0.0420. The molecular weight excluding hydrogens is 252 g/mol. The molecule has 0 aliphatic carbocycles. The Hall–Kier alpha value is -1.55. The lowest BCUT2D eigenvalue weighted by molar-refractivity contribution is -0.121. The summed E-state index contributed by atoms with van der Waals surface area (Å²) < 4.78 is 0. The third-order valence-electron chi connectivity index (χ3n) is 3.55. The Morgan fingerprint density at radius 3 is 2.50 bits per heavy atom. The molecule has 1 aromatic rings. The van der Waals surface area contributed by atoms with E-state index in [1.807, 2.05) is 45.0 Å². The Balaban J connectivity index is 2.44. The van der Waals surface area contributed by atoms with E-state index in [9.17, 15) is 4.79 Å². The summed E-state index contributed by atoms with van der Waals surface area (Å²) in [5.74, 6) is 0.205. The monoisotopic (exact) mass is 278 g/mol. The molecule has 0 saturated carbocycles. The van der Waals surface area contributed by atoms with Crippen molar-refractivity contribution in [2.24, 2.45) is 5.41 Å². The van der Waals surface area contributed by atoms with E-state index in [0.29, 0.717) is 19.4 Å². The van der Waals surface area contributed by atoms with Crippen molar-refractivity contribution in [3.8, 4) is 0 Å². The largest absolute Gasteiger partial charge is 0.399 e. The van der Waals surface area contributed by atoms with Crippen LogP contribution in [-0.4, -0.2) is 24.2 Å². The maximum Gasteiger partial charge on any atom is 0.220 e. The van der Waals surface area contributed by atoms with Gasteiger partial charge < -0.3 is 16.2 Å². The number of benzene rings is 1. The van der Waals surface area contributed by atoms with Crippen LogP contribution >= 0.6 is 0 Å².